The molecule has 43 valence electrons. The van der Waals surface area contributed by atoms with E-state index in [4.69, 9.17) is 0 Å². The first-order chi connectivity index (χ1) is 2.94. The zero-order valence-electron chi connectivity index (χ0n) is 4.54. The molecular formula is C5H9Br2. The highest BCUT2D eigenvalue weighted by atomic mass is 79.9. The fourth-order valence-electron chi connectivity index (χ4n) is 0. The van der Waals surface area contributed by atoms with Crippen LogP contribution < -0.4 is 0 Å². The highest BCUT2D eigenvalue weighted by molar-refractivity contribution is 9.25. The van der Waals surface area contributed by atoms with Gasteiger partial charge in [0.15, 0.2) is 0 Å². The molecule has 2 heteroatoms. The molecule has 0 saturated heterocycles. The van der Waals surface area contributed by atoms with E-state index in [9.17, 15) is 0 Å². The first-order valence-corrected chi connectivity index (χ1v) is 3.74. The van der Waals surface area contributed by atoms with Crippen LogP contribution in [-0.2, 0) is 0 Å². The number of halogens is 2. The fraction of sp³-hybridized carbons (Fsp3) is 0.800. The SMILES string of the molecule is [CH2]C(C)C(C)(Br)Br. The number of hydrogen-bond acceptors (Lipinski definition) is 0. The smallest absolute Gasteiger partial charge is 0.0727 e. The van der Waals surface area contributed by atoms with Gasteiger partial charge in [-0.05, 0) is 19.8 Å². The molecule has 1 atom stereocenters. The molecule has 0 rings (SSSR count). The van der Waals surface area contributed by atoms with Gasteiger partial charge in [-0.3, -0.25) is 0 Å². The van der Waals surface area contributed by atoms with Gasteiger partial charge in [0, 0.05) is 0 Å². The van der Waals surface area contributed by atoms with Crippen LogP contribution in [0.5, 0.6) is 0 Å². The third-order valence-electron chi connectivity index (χ3n) is 0.865. The Kier molecular flexibility index (Phi) is 2.83. The van der Waals surface area contributed by atoms with E-state index in [1.807, 2.05) is 13.8 Å². The summed E-state index contributed by atoms with van der Waals surface area (Å²) in [5.74, 6) is 0.382. The molecule has 0 spiro atoms. The van der Waals surface area contributed by atoms with E-state index < -0.39 is 0 Å². The Morgan fingerprint density at radius 2 is 1.71 bits per heavy atom. The number of hydrogen-bond donors (Lipinski definition) is 0. The summed E-state index contributed by atoms with van der Waals surface area (Å²) in [7, 11) is 0. The van der Waals surface area contributed by atoms with E-state index in [2.05, 4.69) is 38.8 Å². The third-order valence-corrected chi connectivity index (χ3v) is 2.43. The van der Waals surface area contributed by atoms with E-state index in [0.29, 0.717) is 5.92 Å². The van der Waals surface area contributed by atoms with Crippen molar-refractivity contribution in [2.24, 2.45) is 5.92 Å². The summed E-state index contributed by atoms with van der Waals surface area (Å²) in [5.41, 5.74) is 0. The van der Waals surface area contributed by atoms with Crippen LogP contribution in [0.2, 0.25) is 0 Å². The van der Waals surface area contributed by atoms with Crippen LogP contribution in [0.4, 0.5) is 0 Å². The highest BCUT2D eigenvalue weighted by Gasteiger charge is 2.19. The fourth-order valence-corrected chi connectivity index (χ4v) is 0. The predicted octanol–water partition coefficient (Wildman–Crippen LogP) is 2.96. The maximum atomic E-state index is 3.82. The van der Waals surface area contributed by atoms with Crippen LogP contribution in [-0.4, -0.2) is 3.23 Å². The van der Waals surface area contributed by atoms with Crippen molar-refractivity contribution in [3.63, 3.8) is 0 Å². The molecule has 0 aromatic heterocycles. The summed E-state index contributed by atoms with van der Waals surface area (Å²) < 4.78 is 0.0139. The summed E-state index contributed by atoms with van der Waals surface area (Å²) in [6, 6.07) is 0. The second kappa shape index (κ2) is 2.49. The standard InChI is InChI=1S/C5H9Br2/c1-4(2)5(3,6)7/h4H,1H2,2-3H3. The number of alkyl halides is 2. The molecule has 0 nitrogen and oxygen atoms in total. The van der Waals surface area contributed by atoms with Gasteiger partial charge in [-0.1, -0.05) is 38.8 Å². The molecule has 7 heavy (non-hydrogen) atoms. The van der Waals surface area contributed by atoms with Crippen LogP contribution >= 0.6 is 31.9 Å². The van der Waals surface area contributed by atoms with E-state index in [1.165, 1.54) is 0 Å². The summed E-state index contributed by atoms with van der Waals surface area (Å²) in [6.07, 6.45) is 0. The van der Waals surface area contributed by atoms with Crippen molar-refractivity contribution in [1.82, 2.24) is 0 Å². The summed E-state index contributed by atoms with van der Waals surface area (Å²) in [5, 5.41) is 0. The van der Waals surface area contributed by atoms with Crippen molar-refractivity contribution in [3.05, 3.63) is 6.92 Å². The lowest BCUT2D eigenvalue weighted by atomic mass is 10.2. The monoisotopic (exact) mass is 227 g/mol. The Morgan fingerprint density at radius 3 is 1.71 bits per heavy atom. The number of rotatable bonds is 1. The Balaban J connectivity index is 3.54. The lowest BCUT2D eigenvalue weighted by Gasteiger charge is -2.17. The Morgan fingerprint density at radius 1 is 1.57 bits per heavy atom. The average Bonchev–Trinajstić information content (AvgIpc) is 1.31. The van der Waals surface area contributed by atoms with E-state index in [-0.39, 0.29) is 3.23 Å². The van der Waals surface area contributed by atoms with Crippen LogP contribution in [0.25, 0.3) is 0 Å². The van der Waals surface area contributed by atoms with Gasteiger partial charge in [0.05, 0.1) is 3.23 Å². The minimum Gasteiger partial charge on any atom is -0.0727 e. The van der Waals surface area contributed by atoms with Crippen molar-refractivity contribution >= 4 is 31.9 Å². The van der Waals surface area contributed by atoms with Gasteiger partial charge in [0.1, 0.15) is 0 Å². The second-order valence-electron chi connectivity index (χ2n) is 1.86. The zero-order valence-corrected chi connectivity index (χ0v) is 7.71. The molecule has 0 saturated carbocycles. The van der Waals surface area contributed by atoms with Crippen LogP contribution in [0.1, 0.15) is 13.8 Å². The van der Waals surface area contributed by atoms with Crippen molar-refractivity contribution in [1.29, 1.82) is 0 Å². The Hall–Kier alpha value is 0.960. The van der Waals surface area contributed by atoms with Crippen molar-refractivity contribution in [2.75, 3.05) is 0 Å². The van der Waals surface area contributed by atoms with Gasteiger partial charge in [-0.25, -0.2) is 0 Å². The maximum Gasteiger partial charge on any atom is 0.0803 e. The van der Waals surface area contributed by atoms with Gasteiger partial charge < -0.3 is 0 Å². The molecule has 0 aliphatic rings. The van der Waals surface area contributed by atoms with E-state index in [1.54, 1.807) is 0 Å². The molecule has 0 heterocycles. The third kappa shape index (κ3) is 3.53. The van der Waals surface area contributed by atoms with Gasteiger partial charge in [0.2, 0.25) is 0 Å². The quantitative estimate of drug-likeness (QED) is 0.606. The van der Waals surface area contributed by atoms with Gasteiger partial charge in [-0.15, -0.1) is 0 Å². The topological polar surface area (TPSA) is 0 Å². The van der Waals surface area contributed by atoms with Crippen LogP contribution in [0.15, 0.2) is 0 Å². The van der Waals surface area contributed by atoms with Crippen LogP contribution in [0, 0.1) is 12.8 Å². The summed E-state index contributed by atoms with van der Waals surface area (Å²) >= 11 is 6.79. The normalized spacial score (nSPS) is 12.9. The second-order valence-corrected chi connectivity index (χ2v) is 6.22. The summed E-state index contributed by atoms with van der Waals surface area (Å²) in [6.45, 7) is 7.89. The molecule has 0 bridgehead atoms. The molecule has 1 unspecified atom stereocenters. The average molecular weight is 229 g/mol. The lowest BCUT2D eigenvalue weighted by Crippen LogP contribution is -2.13. The molecule has 0 aromatic carbocycles. The molecule has 0 fully saturated rings. The highest BCUT2D eigenvalue weighted by Crippen LogP contribution is 2.32. The molecule has 0 aromatic rings. The molecule has 1 radical (unpaired) electrons. The Bertz CT molecular complexity index is 51.6. The molecule has 0 aliphatic heterocycles. The minimum absolute atomic E-state index is 0.0139. The van der Waals surface area contributed by atoms with Gasteiger partial charge in [-0.2, -0.15) is 0 Å². The maximum absolute atomic E-state index is 3.82. The van der Waals surface area contributed by atoms with Gasteiger partial charge >= 0.3 is 0 Å². The van der Waals surface area contributed by atoms with E-state index in [0.717, 1.165) is 0 Å². The molecule has 0 amide bonds. The molecule has 0 N–H and O–H groups in total. The minimum atomic E-state index is 0.0139. The van der Waals surface area contributed by atoms with E-state index >= 15 is 0 Å². The largest absolute Gasteiger partial charge is 0.0803 e. The van der Waals surface area contributed by atoms with Crippen molar-refractivity contribution < 1.29 is 0 Å². The predicted molar refractivity (Wildman–Crippen MR) is 40.8 cm³/mol. The van der Waals surface area contributed by atoms with Gasteiger partial charge in [0.25, 0.3) is 0 Å². The molecular weight excluding hydrogens is 220 g/mol. The summed E-state index contributed by atoms with van der Waals surface area (Å²) in [4.78, 5) is 0. The van der Waals surface area contributed by atoms with Crippen molar-refractivity contribution in [2.45, 2.75) is 17.1 Å². The first kappa shape index (κ1) is 7.96. The van der Waals surface area contributed by atoms with Crippen LogP contribution in [0.3, 0.4) is 0 Å². The Labute approximate surface area is 61.9 Å². The van der Waals surface area contributed by atoms with Crippen molar-refractivity contribution in [3.8, 4) is 0 Å². The zero-order chi connectivity index (χ0) is 6.08. The first-order valence-electron chi connectivity index (χ1n) is 2.15. The molecule has 0 aliphatic carbocycles. The lowest BCUT2D eigenvalue weighted by molar-refractivity contribution is 0.690.